The summed E-state index contributed by atoms with van der Waals surface area (Å²) < 4.78 is 4.77. The molecule has 0 aromatic heterocycles. The predicted octanol–water partition coefficient (Wildman–Crippen LogP) is 0.496. The summed E-state index contributed by atoms with van der Waals surface area (Å²) in [6.45, 7) is 5.15. The van der Waals surface area contributed by atoms with Crippen LogP contribution in [0, 0.1) is 0 Å². The smallest absolute Gasteiger partial charge is 0.328 e. The van der Waals surface area contributed by atoms with Gasteiger partial charge in [-0.15, -0.1) is 11.8 Å². The third-order valence-corrected chi connectivity index (χ3v) is 3.94. The van der Waals surface area contributed by atoms with Crippen molar-refractivity contribution in [3.05, 3.63) is 0 Å². The van der Waals surface area contributed by atoms with E-state index in [0.29, 0.717) is 5.75 Å². The quantitative estimate of drug-likeness (QED) is 0.732. The normalized spacial score (nSPS) is 23.8. The first kappa shape index (κ1) is 15.6. The second-order valence-corrected chi connectivity index (χ2v) is 5.47. The van der Waals surface area contributed by atoms with Gasteiger partial charge in [0.1, 0.15) is 12.1 Å². The fourth-order valence-electron chi connectivity index (χ4n) is 1.73. The molecule has 1 aliphatic heterocycles. The van der Waals surface area contributed by atoms with Gasteiger partial charge in [0, 0.05) is 5.75 Å². The predicted molar refractivity (Wildman–Crippen MR) is 69.8 cm³/mol. The van der Waals surface area contributed by atoms with E-state index in [0.717, 1.165) is 0 Å². The molecule has 19 heavy (non-hydrogen) atoms. The molecule has 1 heterocycles. The first-order chi connectivity index (χ1) is 8.88. The van der Waals surface area contributed by atoms with E-state index in [-0.39, 0.29) is 12.0 Å². The number of urea groups is 1. The van der Waals surface area contributed by atoms with E-state index in [4.69, 9.17) is 9.84 Å². The zero-order valence-electron chi connectivity index (χ0n) is 11.1. The average molecular weight is 290 g/mol. The summed E-state index contributed by atoms with van der Waals surface area (Å²) in [4.78, 5) is 35.7. The van der Waals surface area contributed by atoms with Crippen LogP contribution < -0.4 is 5.32 Å². The molecule has 0 radical (unpaired) electrons. The maximum Gasteiger partial charge on any atom is 0.328 e. The molecule has 3 atom stereocenters. The van der Waals surface area contributed by atoms with Crippen molar-refractivity contribution >= 4 is 29.7 Å². The Balaban J connectivity index is 2.65. The second-order valence-electron chi connectivity index (χ2n) is 4.12. The van der Waals surface area contributed by atoms with Gasteiger partial charge in [-0.25, -0.2) is 14.4 Å². The average Bonchev–Trinajstić information content (AvgIpc) is 2.71. The van der Waals surface area contributed by atoms with Crippen molar-refractivity contribution in [2.75, 3.05) is 12.4 Å². The molecule has 0 bridgehead atoms. The lowest BCUT2D eigenvalue weighted by atomic mass is 10.3. The lowest BCUT2D eigenvalue weighted by Gasteiger charge is -2.26. The van der Waals surface area contributed by atoms with Gasteiger partial charge in [0.2, 0.25) is 0 Å². The molecule has 0 aromatic carbocycles. The Morgan fingerprint density at radius 2 is 2.16 bits per heavy atom. The van der Waals surface area contributed by atoms with E-state index < -0.39 is 30.1 Å². The van der Waals surface area contributed by atoms with Crippen molar-refractivity contribution in [3.63, 3.8) is 0 Å². The second kappa shape index (κ2) is 6.65. The van der Waals surface area contributed by atoms with Crippen LogP contribution in [-0.4, -0.2) is 57.8 Å². The number of rotatable bonds is 4. The highest BCUT2D eigenvalue weighted by atomic mass is 32.2. The molecular weight excluding hydrogens is 272 g/mol. The Bertz CT molecular complexity index is 376. The first-order valence-corrected chi connectivity index (χ1v) is 7.03. The molecular formula is C11H18N2O5S. The molecule has 0 saturated carbocycles. The monoisotopic (exact) mass is 290 g/mol. The number of carbonyl (C=O) groups is 3. The molecule has 1 saturated heterocycles. The van der Waals surface area contributed by atoms with Crippen molar-refractivity contribution in [1.82, 2.24) is 10.2 Å². The molecule has 1 aliphatic rings. The summed E-state index contributed by atoms with van der Waals surface area (Å²) in [5.74, 6) is -1.24. The van der Waals surface area contributed by atoms with Gasteiger partial charge in [0.25, 0.3) is 0 Å². The van der Waals surface area contributed by atoms with Crippen LogP contribution in [0.25, 0.3) is 0 Å². The van der Waals surface area contributed by atoms with Gasteiger partial charge in [-0.1, -0.05) is 0 Å². The minimum absolute atomic E-state index is 0.229. The van der Waals surface area contributed by atoms with E-state index in [2.05, 4.69) is 5.32 Å². The van der Waals surface area contributed by atoms with Crippen molar-refractivity contribution in [2.45, 2.75) is 38.2 Å². The van der Waals surface area contributed by atoms with Gasteiger partial charge in [-0.2, -0.15) is 0 Å². The molecule has 0 aromatic rings. The number of nitrogens with one attached hydrogen (secondary N) is 1. The van der Waals surface area contributed by atoms with Gasteiger partial charge in [-0.05, 0) is 20.8 Å². The fourth-order valence-corrected chi connectivity index (χ4v) is 2.89. The van der Waals surface area contributed by atoms with Crippen molar-refractivity contribution in [1.29, 1.82) is 0 Å². The molecule has 3 unspecified atom stereocenters. The topological polar surface area (TPSA) is 95.9 Å². The Morgan fingerprint density at radius 1 is 1.53 bits per heavy atom. The summed E-state index contributed by atoms with van der Waals surface area (Å²) in [6.07, 6.45) is 0. The maximum absolute atomic E-state index is 12.0. The number of carboxylic acids is 1. The number of carbonyl (C=O) groups excluding carboxylic acids is 2. The third kappa shape index (κ3) is 3.76. The number of aliphatic carboxylic acids is 1. The molecule has 108 valence electrons. The SMILES string of the molecule is CCOC(=O)C(C)NC(=O)N1C(C)SCC1C(=O)O. The highest BCUT2D eigenvalue weighted by Gasteiger charge is 2.40. The zero-order chi connectivity index (χ0) is 14.6. The molecule has 1 fully saturated rings. The van der Waals surface area contributed by atoms with Gasteiger partial charge in [0.05, 0.1) is 12.0 Å². The Morgan fingerprint density at radius 3 is 2.68 bits per heavy atom. The number of hydrogen-bond acceptors (Lipinski definition) is 5. The number of thioether (sulfide) groups is 1. The van der Waals surface area contributed by atoms with Crippen molar-refractivity contribution in [3.8, 4) is 0 Å². The van der Waals surface area contributed by atoms with Crippen LogP contribution in [0.3, 0.4) is 0 Å². The van der Waals surface area contributed by atoms with E-state index >= 15 is 0 Å². The third-order valence-electron chi connectivity index (χ3n) is 2.72. The van der Waals surface area contributed by atoms with Crippen LogP contribution in [-0.2, 0) is 14.3 Å². The number of ether oxygens (including phenoxy) is 1. The van der Waals surface area contributed by atoms with Crippen LogP contribution in [0.1, 0.15) is 20.8 Å². The number of carboxylic acid groups (broad SMARTS) is 1. The fraction of sp³-hybridized carbons (Fsp3) is 0.727. The molecule has 7 nitrogen and oxygen atoms in total. The number of nitrogens with zero attached hydrogens (tertiary/aromatic N) is 1. The van der Waals surface area contributed by atoms with Crippen LogP contribution in [0.5, 0.6) is 0 Å². The number of esters is 1. The van der Waals surface area contributed by atoms with Gasteiger partial charge >= 0.3 is 18.0 Å². The molecule has 2 amide bonds. The van der Waals surface area contributed by atoms with Crippen LogP contribution in [0.4, 0.5) is 4.79 Å². The summed E-state index contributed by atoms with van der Waals surface area (Å²) in [5.41, 5.74) is 0. The van der Waals surface area contributed by atoms with Crippen LogP contribution in [0.2, 0.25) is 0 Å². The summed E-state index contributed by atoms with van der Waals surface area (Å²) in [7, 11) is 0. The van der Waals surface area contributed by atoms with E-state index in [1.54, 1.807) is 13.8 Å². The van der Waals surface area contributed by atoms with Crippen molar-refractivity contribution in [2.24, 2.45) is 0 Å². The van der Waals surface area contributed by atoms with Crippen LogP contribution >= 0.6 is 11.8 Å². The molecule has 8 heteroatoms. The maximum atomic E-state index is 12.0. The Kier molecular flexibility index (Phi) is 5.46. The first-order valence-electron chi connectivity index (χ1n) is 5.98. The molecule has 0 aliphatic carbocycles. The number of amides is 2. The van der Waals surface area contributed by atoms with Gasteiger partial charge in [0.15, 0.2) is 0 Å². The van der Waals surface area contributed by atoms with Gasteiger partial charge < -0.3 is 15.2 Å². The van der Waals surface area contributed by atoms with Gasteiger partial charge in [-0.3, -0.25) is 4.90 Å². The summed E-state index contributed by atoms with van der Waals surface area (Å²) in [5, 5.41) is 11.3. The number of hydrogen-bond donors (Lipinski definition) is 2. The summed E-state index contributed by atoms with van der Waals surface area (Å²) in [6, 6.07) is -2.24. The highest BCUT2D eigenvalue weighted by molar-refractivity contribution is 8.00. The van der Waals surface area contributed by atoms with Crippen molar-refractivity contribution < 1.29 is 24.2 Å². The Labute approximate surface area is 115 Å². The summed E-state index contributed by atoms with van der Waals surface area (Å²) >= 11 is 1.38. The molecule has 0 spiro atoms. The lowest BCUT2D eigenvalue weighted by molar-refractivity contribution is -0.144. The standard InChI is InChI=1S/C11H18N2O5S/c1-4-18-10(16)6(2)12-11(17)13-7(3)19-5-8(13)9(14)15/h6-8H,4-5H2,1-3H3,(H,12,17)(H,14,15). The largest absolute Gasteiger partial charge is 0.480 e. The van der Waals surface area contributed by atoms with E-state index in [1.807, 2.05) is 0 Å². The minimum Gasteiger partial charge on any atom is -0.480 e. The highest BCUT2D eigenvalue weighted by Crippen LogP contribution is 2.28. The van der Waals surface area contributed by atoms with Crippen LogP contribution in [0.15, 0.2) is 0 Å². The minimum atomic E-state index is -1.05. The molecule has 2 N–H and O–H groups in total. The zero-order valence-corrected chi connectivity index (χ0v) is 11.9. The lowest BCUT2D eigenvalue weighted by Crippen LogP contribution is -2.53. The van der Waals surface area contributed by atoms with E-state index in [1.165, 1.54) is 23.6 Å². The molecule has 1 rings (SSSR count). The van der Waals surface area contributed by atoms with E-state index in [9.17, 15) is 14.4 Å². The Hall–Kier alpha value is -1.44.